The number of anilines is 2. The standard InChI is InChI=1S/C14H15ClN4O2/c1-2-5-19-8-10(3-4-12(19)20)18-14(21)11-6-9(16)7-17-13(11)15/h3-4,6-8H,2,5,16H2,1H3,(H,18,21). The molecule has 21 heavy (non-hydrogen) atoms. The molecule has 0 fully saturated rings. The van der Waals surface area contributed by atoms with Gasteiger partial charge in [0.05, 0.1) is 23.1 Å². The van der Waals surface area contributed by atoms with Gasteiger partial charge in [-0.3, -0.25) is 9.59 Å². The second kappa shape index (κ2) is 6.41. The first-order valence-electron chi connectivity index (χ1n) is 6.44. The third kappa shape index (κ3) is 3.61. The van der Waals surface area contributed by atoms with Gasteiger partial charge < -0.3 is 15.6 Å². The van der Waals surface area contributed by atoms with E-state index in [4.69, 9.17) is 17.3 Å². The van der Waals surface area contributed by atoms with E-state index < -0.39 is 5.91 Å². The fraction of sp³-hybridized carbons (Fsp3) is 0.214. The zero-order chi connectivity index (χ0) is 15.4. The van der Waals surface area contributed by atoms with Crippen molar-refractivity contribution in [3.05, 3.63) is 51.7 Å². The number of aryl methyl sites for hydroxylation is 1. The van der Waals surface area contributed by atoms with E-state index in [0.29, 0.717) is 17.9 Å². The highest BCUT2D eigenvalue weighted by Crippen LogP contribution is 2.17. The van der Waals surface area contributed by atoms with E-state index in [2.05, 4.69) is 10.3 Å². The summed E-state index contributed by atoms with van der Waals surface area (Å²) in [5, 5.41) is 2.75. The topological polar surface area (TPSA) is 90.0 Å². The summed E-state index contributed by atoms with van der Waals surface area (Å²) in [5.41, 5.74) is 6.52. The monoisotopic (exact) mass is 306 g/mol. The predicted molar refractivity (Wildman–Crippen MR) is 82.6 cm³/mol. The minimum absolute atomic E-state index is 0.0728. The van der Waals surface area contributed by atoms with Crippen LogP contribution in [0.25, 0.3) is 0 Å². The Balaban J connectivity index is 2.25. The number of nitrogen functional groups attached to an aromatic ring is 1. The Morgan fingerprint density at radius 1 is 1.48 bits per heavy atom. The van der Waals surface area contributed by atoms with Crippen LogP contribution in [0.15, 0.2) is 35.4 Å². The minimum atomic E-state index is -0.429. The number of hydrogen-bond acceptors (Lipinski definition) is 4. The fourth-order valence-corrected chi connectivity index (χ4v) is 2.03. The zero-order valence-electron chi connectivity index (χ0n) is 11.5. The Hall–Kier alpha value is -2.34. The van der Waals surface area contributed by atoms with Crippen molar-refractivity contribution in [1.82, 2.24) is 9.55 Å². The smallest absolute Gasteiger partial charge is 0.258 e. The molecule has 0 aromatic carbocycles. The first-order chi connectivity index (χ1) is 10.0. The van der Waals surface area contributed by atoms with Crippen LogP contribution in [0, 0.1) is 0 Å². The Bertz CT molecular complexity index is 727. The third-order valence-electron chi connectivity index (χ3n) is 2.81. The van der Waals surface area contributed by atoms with Crippen LogP contribution in [-0.4, -0.2) is 15.5 Å². The van der Waals surface area contributed by atoms with Crippen molar-refractivity contribution in [2.75, 3.05) is 11.1 Å². The quantitative estimate of drug-likeness (QED) is 0.847. The van der Waals surface area contributed by atoms with Gasteiger partial charge in [0.1, 0.15) is 5.15 Å². The molecule has 0 spiro atoms. The number of hydrogen-bond donors (Lipinski definition) is 2. The average molecular weight is 307 g/mol. The largest absolute Gasteiger partial charge is 0.397 e. The van der Waals surface area contributed by atoms with Gasteiger partial charge in [-0.05, 0) is 18.6 Å². The number of nitrogens with zero attached hydrogens (tertiary/aromatic N) is 2. The van der Waals surface area contributed by atoms with Crippen LogP contribution >= 0.6 is 11.6 Å². The van der Waals surface area contributed by atoms with Gasteiger partial charge in [0.25, 0.3) is 11.5 Å². The predicted octanol–water partition coefficient (Wildman–Crippen LogP) is 2.14. The number of carbonyl (C=O) groups is 1. The van der Waals surface area contributed by atoms with E-state index in [-0.39, 0.29) is 16.3 Å². The molecule has 0 aliphatic heterocycles. The lowest BCUT2D eigenvalue weighted by Gasteiger charge is -2.09. The molecular formula is C14H15ClN4O2. The normalized spacial score (nSPS) is 10.4. The van der Waals surface area contributed by atoms with Gasteiger partial charge in [-0.15, -0.1) is 0 Å². The van der Waals surface area contributed by atoms with Crippen molar-refractivity contribution in [1.29, 1.82) is 0 Å². The number of nitrogens with one attached hydrogen (secondary N) is 1. The molecule has 0 aliphatic rings. The van der Waals surface area contributed by atoms with Gasteiger partial charge in [0.15, 0.2) is 0 Å². The van der Waals surface area contributed by atoms with Gasteiger partial charge in [-0.2, -0.15) is 0 Å². The second-order valence-electron chi connectivity index (χ2n) is 4.51. The van der Waals surface area contributed by atoms with E-state index in [0.717, 1.165) is 6.42 Å². The number of nitrogens with two attached hydrogens (primary N) is 1. The van der Waals surface area contributed by atoms with Gasteiger partial charge in [0, 0.05) is 18.8 Å². The summed E-state index contributed by atoms with van der Waals surface area (Å²) in [6.07, 6.45) is 3.79. The fourth-order valence-electron chi connectivity index (χ4n) is 1.84. The summed E-state index contributed by atoms with van der Waals surface area (Å²) in [6, 6.07) is 4.40. The van der Waals surface area contributed by atoms with E-state index in [1.54, 1.807) is 12.3 Å². The second-order valence-corrected chi connectivity index (χ2v) is 4.87. The number of rotatable bonds is 4. The van der Waals surface area contributed by atoms with Gasteiger partial charge in [0.2, 0.25) is 0 Å². The summed E-state index contributed by atoms with van der Waals surface area (Å²) < 4.78 is 1.54. The maximum Gasteiger partial charge on any atom is 0.258 e. The molecular weight excluding hydrogens is 292 g/mol. The van der Waals surface area contributed by atoms with E-state index in [1.807, 2.05) is 6.92 Å². The van der Waals surface area contributed by atoms with Crippen LogP contribution in [-0.2, 0) is 6.54 Å². The van der Waals surface area contributed by atoms with Crippen LogP contribution < -0.4 is 16.6 Å². The number of carbonyl (C=O) groups excluding carboxylic acids is 1. The van der Waals surface area contributed by atoms with Crippen molar-refractivity contribution < 1.29 is 4.79 Å². The highest BCUT2D eigenvalue weighted by atomic mass is 35.5. The first kappa shape index (κ1) is 15.1. The van der Waals surface area contributed by atoms with Crippen LogP contribution in [0.1, 0.15) is 23.7 Å². The highest BCUT2D eigenvalue weighted by molar-refractivity contribution is 6.33. The maximum absolute atomic E-state index is 12.2. The number of halogens is 1. The maximum atomic E-state index is 12.2. The summed E-state index contributed by atoms with van der Waals surface area (Å²) in [4.78, 5) is 27.6. The summed E-state index contributed by atoms with van der Waals surface area (Å²) in [5.74, 6) is -0.429. The zero-order valence-corrected chi connectivity index (χ0v) is 12.2. The lowest BCUT2D eigenvalue weighted by Crippen LogP contribution is -2.20. The number of pyridine rings is 2. The molecule has 110 valence electrons. The summed E-state index contributed by atoms with van der Waals surface area (Å²) in [7, 11) is 0. The molecule has 1 amide bonds. The highest BCUT2D eigenvalue weighted by Gasteiger charge is 2.12. The van der Waals surface area contributed by atoms with Crippen LogP contribution in [0.3, 0.4) is 0 Å². The van der Waals surface area contributed by atoms with Crippen LogP contribution in [0.2, 0.25) is 5.15 Å². The molecule has 0 aliphatic carbocycles. The Morgan fingerprint density at radius 2 is 2.24 bits per heavy atom. The Kier molecular flexibility index (Phi) is 4.59. The van der Waals surface area contributed by atoms with Crippen molar-refractivity contribution in [2.24, 2.45) is 0 Å². The average Bonchev–Trinajstić information content (AvgIpc) is 2.45. The van der Waals surface area contributed by atoms with Gasteiger partial charge in [-0.25, -0.2) is 4.98 Å². The summed E-state index contributed by atoms with van der Waals surface area (Å²) >= 11 is 5.88. The third-order valence-corrected chi connectivity index (χ3v) is 3.11. The number of aromatic nitrogens is 2. The lowest BCUT2D eigenvalue weighted by atomic mass is 10.2. The summed E-state index contributed by atoms with van der Waals surface area (Å²) in [6.45, 7) is 2.55. The minimum Gasteiger partial charge on any atom is -0.397 e. The van der Waals surface area contributed by atoms with Crippen molar-refractivity contribution in [3.63, 3.8) is 0 Å². The van der Waals surface area contributed by atoms with Gasteiger partial charge >= 0.3 is 0 Å². The molecule has 7 heteroatoms. The lowest BCUT2D eigenvalue weighted by molar-refractivity contribution is 0.102. The van der Waals surface area contributed by atoms with E-state index in [1.165, 1.54) is 22.9 Å². The Labute approximate surface area is 126 Å². The first-order valence-corrected chi connectivity index (χ1v) is 6.82. The molecule has 3 N–H and O–H groups in total. The molecule has 2 aromatic rings. The van der Waals surface area contributed by atoms with Crippen molar-refractivity contribution in [2.45, 2.75) is 19.9 Å². The van der Waals surface area contributed by atoms with Crippen molar-refractivity contribution in [3.8, 4) is 0 Å². The van der Waals surface area contributed by atoms with Crippen LogP contribution in [0.4, 0.5) is 11.4 Å². The molecule has 6 nitrogen and oxygen atoms in total. The van der Waals surface area contributed by atoms with Crippen molar-refractivity contribution >= 4 is 28.9 Å². The van der Waals surface area contributed by atoms with Crippen LogP contribution in [0.5, 0.6) is 0 Å². The van der Waals surface area contributed by atoms with E-state index >= 15 is 0 Å². The molecule has 0 saturated heterocycles. The van der Waals surface area contributed by atoms with E-state index in [9.17, 15) is 9.59 Å². The van der Waals surface area contributed by atoms with Gasteiger partial charge in [-0.1, -0.05) is 18.5 Å². The number of amides is 1. The molecule has 0 atom stereocenters. The molecule has 2 aromatic heterocycles. The molecule has 2 heterocycles. The molecule has 0 unspecified atom stereocenters. The SMILES string of the molecule is CCCn1cc(NC(=O)c2cc(N)cnc2Cl)ccc1=O. The molecule has 0 bridgehead atoms. The molecule has 2 rings (SSSR count). The molecule has 0 saturated carbocycles. The Morgan fingerprint density at radius 3 is 2.95 bits per heavy atom. The molecule has 0 radical (unpaired) electrons.